The van der Waals surface area contributed by atoms with Crippen LogP contribution in [-0.4, -0.2) is 39.4 Å². The molecule has 10 heteroatoms. The predicted octanol–water partition coefficient (Wildman–Crippen LogP) is 2.83. The number of benzene rings is 1. The van der Waals surface area contributed by atoms with Crippen molar-refractivity contribution < 1.29 is 13.2 Å². The van der Waals surface area contributed by atoms with Crippen molar-refractivity contribution in [3.05, 3.63) is 51.6 Å². The summed E-state index contributed by atoms with van der Waals surface area (Å²) in [6, 6.07) is 6.09. The lowest BCUT2D eigenvalue weighted by atomic mass is 10.2. The molecule has 150 valence electrons. The van der Waals surface area contributed by atoms with Gasteiger partial charge in [0, 0.05) is 32.9 Å². The molecule has 3 rings (SSSR count). The molecule has 1 aliphatic carbocycles. The summed E-state index contributed by atoms with van der Waals surface area (Å²) >= 11 is 12.2. The number of pyridine rings is 1. The number of nitrogens with one attached hydrogen (secondary N) is 2. The minimum absolute atomic E-state index is 0.0295. The number of anilines is 1. The smallest absolute Gasteiger partial charge is 0.253 e. The molecule has 1 aliphatic rings. The molecule has 1 fully saturated rings. The number of aromatic nitrogens is 1. The van der Waals surface area contributed by atoms with Crippen LogP contribution in [-0.2, 0) is 16.6 Å². The first-order valence-electron chi connectivity index (χ1n) is 8.59. The van der Waals surface area contributed by atoms with Crippen LogP contribution in [0.25, 0.3) is 0 Å². The second kappa shape index (κ2) is 8.24. The molecule has 28 heavy (non-hydrogen) atoms. The Morgan fingerprint density at radius 1 is 1.21 bits per heavy atom. The van der Waals surface area contributed by atoms with Gasteiger partial charge in [-0.05, 0) is 36.6 Å². The average Bonchev–Trinajstić information content (AvgIpc) is 3.43. The van der Waals surface area contributed by atoms with Crippen molar-refractivity contribution in [1.29, 1.82) is 0 Å². The Morgan fingerprint density at radius 2 is 1.93 bits per heavy atom. The van der Waals surface area contributed by atoms with Gasteiger partial charge < -0.3 is 10.2 Å². The second-order valence-corrected chi connectivity index (χ2v) is 9.26. The first-order chi connectivity index (χ1) is 13.2. The van der Waals surface area contributed by atoms with Gasteiger partial charge in [0.05, 0.1) is 15.6 Å². The highest BCUT2D eigenvalue weighted by molar-refractivity contribution is 7.89. The number of hydrogen-bond acceptors (Lipinski definition) is 5. The Labute approximate surface area is 174 Å². The third kappa shape index (κ3) is 4.94. The number of carbonyl (C=O) groups excluding carboxylic acids is 1. The molecule has 0 atom stereocenters. The van der Waals surface area contributed by atoms with Crippen molar-refractivity contribution in [2.75, 3.05) is 19.0 Å². The van der Waals surface area contributed by atoms with Crippen LogP contribution in [0.1, 0.15) is 28.8 Å². The number of carbonyl (C=O) groups is 1. The van der Waals surface area contributed by atoms with Crippen LogP contribution in [0.15, 0.2) is 35.4 Å². The monoisotopic (exact) mass is 442 g/mol. The second-order valence-electron chi connectivity index (χ2n) is 6.76. The minimum atomic E-state index is -3.82. The molecular weight excluding hydrogens is 423 g/mol. The van der Waals surface area contributed by atoms with Crippen molar-refractivity contribution in [2.45, 2.75) is 30.3 Å². The van der Waals surface area contributed by atoms with E-state index in [1.165, 1.54) is 12.1 Å². The topological polar surface area (TPSA) is 91.4 Å². The summed E-state index contributed by atoms with van der Waals surface area (Å²) in [6.45, 7) is 0.223. The van der Waals surface area contributed by atoms with Gasteiger partial charge in [-0.25, -0.2) is 18.1 Å². The van der Waals surface area contributed by atoms with Gasteiger partial charge in [-0.15, -0.1) is 0 Å². The van der Waals surface area contributed by atoms with E-state index in [9.17, 15) is 13.2 Å². The van der Waals surface area contributed by atoms with Gasteiger partial charge in [0.2, 0.25) is 10.0 Å². The minimum Gasteiger partial charge on any atom is -0.363 e. The van der Waals surface area contributed by atoms with E-state index >= 15 is 0 Å². The highest BCUT2D eigenvalue weighted by Crippen LogP contribution is 2.30. The van der Waals surface area contributed by atoms with Gasteiger partial charge in [0.25, 0.3) is 5.91 Å². The van der Waals surface area contributed by atoms with Crippen LogP contribution in [0.4, 0.5) is 5.82 Å². The molecule has 2 aromatic rings. The van der Waals surface area contributed by atoms with E-state index in [0.29, 0.717) is 0 Å². The molecule has 1 aromatic carbocycles. The van der Waals surface area contributed by atoms with Crippen LogP contribution >= 0.6 is 23.2 Å². The molecule has 7 nitrogen and oxygen atoms in total. The molecule has 0 radical (unpaired) electrons. The lowest BCUT2D eigenvalue weighted by molar-refractivity contribution is 0.0951. The van der Waals surface area contributed by atoms with Gasteiger partial charge in [-0.2, -0.15) is 0 Å². The third-order valence-electron chi connectivity index (χ3n) is 4.18. The third-order valence-corrected chi connectivity index (χ3v) is 6.47. The van der Waals surface area contributed by atoms with E-state index in [-0.39, 0.29) is 33.1 Å². The number of halogens is 2. The van der Waals surface area contributed by atoms with Crippen LogP contribution in [0.2, 0.25) is 10.0 Å². The highest BCUT2D eigenvalue weighted by Gasteiger charge is 2.30. The maximum atomic E-state index is 12.6. The van der Waals surface area contributed by atoms with Crippen molar-refractivity contribution in [2.24, 2.45) is 0 Å². The average molecular weight is 443 g/mol. The van der Waals surface area contributed by atoms with Crippen LogP contribution < -0.4 is 14.9 Å². The SMILES string of the molecule is CN(C)c1ccc(CNC(=O)c2cc(S(=O)(=O)NC3CC3)c(Cl)cc2Cl)cn1. The molecule has 1 amide bonds. The van der Waals surface area contributed by atoms with Gasteiger partial charge in [0.15, 0.2) is 0 Å². The van der Waals surface area contributed by atoms with Crippen LogP contribution in [0.3, 0.4) is 0 Å². The summed E-state index contributed by atoms with van der Waals surface area (Å²) in [7, 11) is -0.0459. The van der Waals surface area contributed by atoms with Gasteiger partial charge >= 0.3 is 0 Å². The predicted molar refractivity (Wildman–Crippen MR) is 110 cm³/mol. The molecule has 1 heterocycles. The Morgan fingerprint density at radius 3 is 2.50 bits per heavy atom. The number of hydrogen-bond donors (Lipinski definition) is 2. The first kappa shape index (κ1) is 20.9. The zero-order chi connectivity index (χ0) is 20.5. The number of rotatable bonds is 7. The summed E-state index contributed by atoms with van der Waals surface area (Å²) < 4.78 is 27.5. The molecular formula is C18H20Cl2N4O3S. The zero-order valence-corrected chi connectivity index (χ0v) is 17.7. The van der Waals surface area contributed by atoms with E-state index in [0.717, 1.165) is 24.2 Å². The molecule has 0 aliphatic heterocycles. The standard InChI is InChI=1S/C18H20Cl2N4O3S/c1-24(2)17-6-3-11(9-21-17)10-22-18(25)13-7-16(15(20)8-14(13)19)28(26,27)23-12-4-5-12/h3,6-9,12,23H,4-5,10H2,1-2H3,(H,22,25). The van der Waals surface area contributed by atoms with Crippen molar-refractivity contribution in [3.8, 4) is 0 Å². The zero-order valence-electron chi connectivity index (χ0n) is 15.4. The quantitative estimate of drug-likeness (QED) is 0.687. The van der Waals surface area contributed by atoms with Crippen LogP contribution in [0.5, 0.6) is 0 Å². The van der Waals surface area contributed by atoms with Gasteiger partial charge in [0.1, 0.15) is 10.7 Å². The summed E-state index contributed by atoms with van der Waals surface area (Å²) in [5, 5.41) is 2.77. The lowest BCUT2D eigenvalue weighted by Gasteiger charge is -2.13. The molecule has 0 saturated heterocycles. The summed E-state index contributed by atoms with van der Waals surface area (Å²) in [4.78, 5) is 18.5. The molecule has 0 spiro atoms. The summed E-state index contributed by atoms with van der Waals surface area (Å²) in [5.74, 6) is 0.301. The fraction of sp³-hybridized carbons (Fsp3) is 0.333. The highest BCUT2D eigenvalue weighted by atomic mass is 35.5. The van der Waals surface area contributed by atoms with E-state index in [4.69, 9.17) is 23.2 Å². The summed E-state index contributed by atoms with van der Waals surface area (Å²) in [6.07, 6.45) is 3.24. The Bertz CT molecular complexity index is 991. The molecule has 0 unspecified atom stereocenters. The van der Waals surface area contributed by atoms with E-state index in [1.807, 2.05) is 31.1 Å². The van der Waals surface area contributed by atoms with E-state index < -0.39 is 15.9 Å². The van der Waals surface area contributed by atoms with Crippen molar-refractivity contribution in [1.82, 2.24) is 15.0 Å². The maximum Gasteiger partial charge on any atom is 0.253 e. The fourth-order valence-corrected chi connectivity index (χ4v) is 4.62. The van der Waals surface area contributed by atoms with Gasteiger partial charge in [-0.1, -0.05) is 29.3 Å². The molecule has 0 bridgehead atoms. The van der Waals surface area contributed by atoms with Crippen molar-refractivity contribution in [3.63, 3.8) is 0 Å². The molecule has 1 saturated carbocycles. The molecule has 2 N–H and O–H groups in total. The lowest BCUT2D eigenvalue weighted by Crippen LogP contribution is -2.27. The normalized spacial score (nSPS) is 14.0. The first-order valence-corrected chi connectivity index (χ1v) is 10.8. The largest absolute Gasteiger partial charge is 0.363 e. The van der Waals surface area contributed by atoms with E-state index in [1.54, 1.807) is 6.20 Å². The number of amides is 1. The van der Waals surface area contributed by atoms with E-state index in [2.05, 4.69) is 15.0 Å². The van der Waals surface area contributed by atoms with Crippen LogP contribution in [0, 0.1) is 0 Å². The van der Waals surface area contributed by atoms with Gasteiger partial charge in [-0.3, -0.25) is 4.79 Å². The Kier molecular flexibility index (Phi) is 6.14. The number of sulfonamides is 1. The number of nitrogens with zero attached hydrogens (tertiary/aromatic N) is 2. The maximum absolute atomic E-state index is 12.6. The Hall–Kier alpha value is -1.87. The fourth-order valence-electron chi connectivity index (χ4n) is 2.46. The molecule has 1 aromatic heterocycles. The summed E-state index contributed by atoms with van der Waals surface area (Å²) in [5.41, 5.74) is 0.840. The van der Waals surface area contributed by atoms with Crippen molar-refractivity contribution >= 4 is 45.0 Å². The Balaban J connectivity index is 1.76.